The highest BCUT2D eigenvalue weighted by molar-refractivity contribution is 6.02. The van der Waals surface area contributed by atoms with Crippen LogP contribution in [-0.4, -0.2) is 50.4 Å². The molecule has 0 saturated carbocycles. The molecule has 1 aromatic carbocycles. The van der Waals surface area contributed by atoms with Gasteiger partial charge in [0.2, 0.25) is 0 Å². The van der Waals surface area contributed by atoms with E-state index in [-0.39, 0.29) is 18.4 Å². The molecule has 0 amide bonds. The summed E-state index contributed by atoms with van der Waals surface area (Å²) in [5, 5.41) is 9.44. The first-order valence-corrected chi connectivity index (χ1v) is 6.32. The minimum absolute atomic E-state index is 0.00540. The van der Waals surface area contributed by atoms with Crippen molar-refractivity contribution in [1.29, 1.82) is 0 Å². The lowest BCUT2D eigenvalue weighted by molar-refractivity contribution is 0.0724. The number of hydrogen-bond donors (Lipinski definition) is 1. The van der Waals surface area contributed by atoms with E-state index in [9.17, 15) is 9.90 Å². The summed E-state index contributed by atoms with van der Waals surface area (Å²) >= 11 is 0. The fourth-order valence-electron chi connectivity index (χ4n) is 2.41. The lowest BCUT2D eigenvalue weighted by Gasteiger charge is -2.37. The third-order valence-electron chi connectivity index (χ3n) is 3.32. The van der Waals surface area contributed by atoms with Crippen molar-refractivity contribution >= 4 is 11.5 Å². The number of Topliss-reactive ketones (excluding diaryl/α,β-unsaturated/α-hetero) is 1. The highest BCUT2D eigenvalue weighted by Crippen LogP contribution is 2.31. The SMILES string of the molecule is COc1cccc(N2CCOCC2CO)c1C(C)=O. The molecule has 0 aromatic heterocycles. The molecule has 1 aliphatic heterocycles. The van der Waals surface area contributed by atoms with Crippen molar-refractivity contribution in [1.82, 2.24) is 0 Å². The van der Waals surface area contributed by atoms with Crippen LogP contribution in [0.15, 0.2) is 18.2 Å². The first-order valence-electron chi connectivity index (χ1n) is 6.32. The lowest BCUT2D eigenvalue weighted by atomic mass is 10.0. The molecule has 0 bridgehead atoms. The van der Waals surface area contributed by atoms with E-state index in [1.807, 2.05) is 17.0 Å². The van der Waals surface area contributed by atoms with Gasteiger partial charge in [-0.15, -0.1) is 0 Å². The Morgan fingerprint density at radius 1 is 1.58 bits per heavy atom. The number of carbonyl (C=O) groups excluding carboxylic acids is 1. The van der Waals surface area contributed by atoms with Crippen molar-refractivity contribution < 1.29 is 19.4 Å². The van der Waals surface area contributed by atoms with Gasteiger partial charge >= 0.3 is 0 Å². The zero-order chi connectivity index (χ0) is 13.8. The van der Waals surface area contributed by atoms with Crippen LogP contribution in [0.3, 0.4) is 0 Å². The minimum atomic E-state index is -0.126. The van der Waals surface area contributed by atoms with E-state index >= 15 is 0 Å². The van der Waals surface area contributed by atoms with Crippen LogP contribution in [0.2, 0.25) is 0 Å². The molecule has 1 N–H and O–H groups in total. The number of aliphatic hydroxyl groups is 1. The van der Waals surface area contributed by atoms with Gasteiger partial charge in [0.05, 0.1) is 44.2 Å². The molecule has 1 aromatic rings. The van der Waals surface area contributed by atoms with Crippen molar-refractivity contribution in [3.8, 4) is 5.75 Å². The summed E-state index contributed by atoms with van der Waals surface area (Å²) in [5.74, 6) is 0.517. The summed E-state index contributed by atoms with van der Waals surface area (Å²) in [7, 11) is 1.55. The molecule has 1 saturated heterocycles. The molecule has 0 spiro atoms. The predicted molar refractivity (Wildman–Crippen MR) is 72.0 cm³/mol. The normalized spacial score (nSPS) is 19.3. The second kappa shape index (κ2) is 6.04. The summed E-state index contributed by atoms with van der Waals surface area (Å²) < 4.78 is 10.6. The van der Waals surface area contributed by atoms with Crippen molar-refractivity contribution in [2.45, 2.75) is 13.0 Å². The number of methoxy groups -OCH3 is 1. The maximum Gasteiger partial charge on any atom is 0.165 e. The summed E-state index contributed by atoms with van der Waals surface area (Å²) in [4.78, 5) is 13.9. The molecule has 1 atom stereocenters. The largest absolute Gasteiger partial charge is 0.496 e. The van der Waals surface area contributed by atoms with Gasteiger partial charge in [-0.2, -0.15) is 0 Å². The number of benzene rings is 1. The third-order valence-corrected chi connectivity index (χ3v) is 3.32. The maximum absolute atomic E-state index is 11.9. The van der Waals surface area contributed by atoms with Gasteiger partial charge in [-0.3, -0.25) is 4.79 Å². The summed E-state index contributed by atoms with van der Waals surface area (Å²) in [6.45, 7) is 3.22. The Morgan fingerprint density at radius 2 is 2.37 bits per heavy atom. The number of hydrogen-bond acceptors (Lipinski definition) is 5. The molecule has 19 heavy (non-hydrogen) atoms. The number of ether oxygens (including phenoxy) is 2. The molecule has 0 aliphatic carbocycles. The number of nitrogens with zero attached hydrogens (tertiary/aromatic N) is 1. The van der Waals surface area contributed by atoms with Crippen molar-refractivity contribution in [2.24, 2.45) is 0 Å². The van der Waals surface area contributed by atoms with E-state index < -0.39 is 0 Å². The molecule has 5 nitrogen and oxygen atoms in total. The van der Waals surface area contributed by atoms with E-state index in [4.69, 9.17) is 9.47 Å². The van der Waals surface area contributed by atoms with Crippen molar-refractivity contribution in [2.75, 3.05) is 38.4 Å². The Labute approximate surface area is 112 Å². The van der Waals surface area contributed by atoms with Gasteiger partial charge in [0.1, 0.15) is 5.75 Å². The monoisotopic (exact) mass is 265 g/mol. The molecule has 104 valence electrons. The molecule has 2 rings (SSSR count). The summed E-state index contributed by atoms with van der Waals surface area (Å²) in [6, 6.07) is 5.38. The number of rotatable bonds is 4. The van der Waals surface area contributed by atoms with E-state index in [1.165, 1.54) is 6.92 Å². The summed E-state index contributed by atoms with van der Waals surface area (Å²) in [5.41, 5.74) is 1.36. The first-order chi connectivity index (χ1) is 9.19. The number of anilines is 1. The van der Waals surface area contributed by atoms with Crippen molar-refractivity contribution in [3.05, 3.63) is 23.8 Å². The van der Waals surface area contributed by atoms with Crippen LogP contribution in [0.25, 0.3) is 0 Å². The average Bonchev–Trinajstić information content (AvgIpc) is 2.46. The Kier molecular flexibility index (Phi) is 4.39. The smallest absolute Gasteiger partial charge is 0.165 e. The summed E-state index contributed by atoms with van der Waals surface area (Å²) in [6.07, 6.45) is 0. The quantitative estimate of drug-likeness (QED) is 0.826. The lowest BCUT2D eigenvalue weighted by Crippen LogP contribution is -2.48. The van der Waals surface area contributed by atoms with Crippen LogP contribution in [0, 0.1) is 0 Å². The zero-order valence-corrected chi connectivity index (χ0v) is 11.3. The third kappa shape index (κ3) is 2.72. The minimum Gasteiger partial charge on any atom is -0.496 e. The Morgan fingerprint density at radius 3 is 3.00 bits per heavy atom. The van der Waals surface area contributed by atoms with E-state index in [0.29, 0.717) is 31.1 Å². The number of ketones is 1. The Bertz CT molecular complexity index is 461. The highest BCUT2D eigenvalue weighted by atomic mass is 16.5. The van der Waals surface area contributed by atoms with Crippen LogP contribution in [0.1, 0.15) is 17.3 Å². The standard InChI is InChI=1S/C14H19NO4/c1-10(17)14-12(4-3-5-13(14)18-2)15-6-7-19-9-11(15)8-16/h3-5,11,16H,6-9H2,1-2H3. The molecule has 1 heterocycles. The fourth-order valence-corrected chi connectivity index (χ4v) is 2.41. The average molecular weight is 265 g/mol. The zero-order valence-electron chi connectivity index (χ0n) is 11.3. The molecule has 1 unspecified atom stereocenters. The van der Waals surface area contributed by atoms with Gasteiger partial charge in [0.15, 0.2) is 5.78 Å². The van der Waals surface area contributed by atoms with Gasteiger partial charge in [0.25, 0.3) is 0 Å². The van der Waals surface area contributed by atoms with E-state index in [1.54, 1.807) is 13.2 Å². The second-order valence-electron chi connectivity index (χ2n) is 4.52. The second-order valence-corrected chi connectivity index (χ2v) is 4.52. The van der Waals surface area contributed by atoms with Crippen LogP contribution >= 0.6 is 0 Å². The van der Waals surface area contributed by atoms with E-state index in [0.717, 1.165) is 5.69 Å². The number of morpholine rings is 1. The fraction of sp³-hybridized carbons (Fsp3) is 0.500. The number of carbonyl (C=O) groups is 1. The number of aliphatic hydroxyl groups excluding tert-OH is 1. The Balaban J connectivity index is 2.45. The Hall–Kier alpha value is -1.59. The van der Waals surface area contributed by atoms with Gasteiger partial charge in [0, 0.05) is 6.54 Å². The van der Waals surface area contributed by atoms with Gasteiger partial charge in [-0.05, 0) is 19.1 Å². The highest BCUT2D eigenvalue weighted by Gasteiger charge is 2.26. The van der Waals surface area contributed by atoms with Crippen molar-refractivity contribution in [3.63, 3.8) is 0 Å². The first kappa shape index (κ1) is 13.8. The van der Waals surface area contributed by atoms with Crippen LogP contribution in [-0.2, 0) is 4.74 Å². The van der Waals surface area contributed by atoms with Gasteiger partial charge < -0.3 is 19.5 Å². The topological polar surface area (TPSA) is 59.0 Å². The van der Waals surface area contributed by atoms with Crippen LogP contribution in [0.5, 0.6) is 5.75 Å². The predicted octanol–water partition coefficient (Wildman–Crippen LogP) is 1.10. The molecule has 0 radical (unpaired) electrons. The molecular formula is C14H19NO4. The van der Waals surface area contributed by atoms with Crippen LogP contribution < -0.4 is 9.64 Å². The molecule has 1 fully saturated rings. The maximum atomic E-state index is 11.9. The molecule has 1 aliphatic rings. The molecular weight excluding hydrogens is 246 g/mol. The van der Waals surface area contributed by atoms with Crippen LogP contribution in [0.4, 0.5) is 5.69 Å². The van der Waals surface area contributed by atoms with E-state index in [2.05, 4.69) is 0 Å². The molecule has 5 heteroatoms. The van der Waals surface area contributed by atoms with Gasteiger partial charge in [-0.25, -0.2) is 0 Å². The van der Waals surface area contributed by atoms with Gasteiger partial charge in [-0.1, -0.05) is 6.07 Å².